The highest BCUT2D eigenvalue weighted by molar-refractivity contribution is 5.80. The minimum absolute atomic E-state index is 0.0272. The lowest BCUT2D eigenvalue weighted by Gasteiger charge is -2.39. The van der Waals surface area contributed by atoms with Gasteiger partial charge in [0.25, 0.3) is 0 Å². The molecule has 1 aromatic carbocycles. The summed E-state index contributed by atoms with van der Waals surface area (Å²) in [7, 11) is 0. The van der Waals surface area contributed by atoms with Gasteiger partial charge in [-0.15, -0.1) is 0 Å². The minimum atomic E-state index is -0.274. The van der Waals surface area contributed by atoms with Crippen molar-refractivity contribution in [3.63, 3.8) is 0 Å². The molecule has 2 aliphatic heterocycles. The molecule has 0 N–H and O–H groups in total. The second-order valence-corrected chi connectivity index (χ2v) is 7.56. The van der Waals surface area contributed by atoms with Crippen LogP contribution in [0.25, 0.3) is 6.08 Å². The zero-order valence-electron chi connectivity index (χ0n) is 15.4. The number of hydrogen-bond acceptors (Lipinski definition) is 3. The number of hydrogen-bond donors (Lipinski definition) is 0. The number of anilines is 1. The van der Waals surface area contributed by atoms with Gasteiger partial charge in [0, 0.05) is 44.2 Å². The van der Waals surface area contributed by atoms with Gasteiger partial charge in [-0.2, -0.15) is 0 Å². The van der Waals surface area contributed by atoms with E-state index in [1.54, 1.807) is 12.3 Å². The number of nitrogens with zero attached hydrogens (tertiary/aromatic N) is 3. The second kappa shape index (κ2) is 7.51. The summed E-state index contributed by atoms with van der Waals surface area (Å²) in [5.74, 6) is 0.383. The first kappa shape index (κ1) is 17.7. The van der Waals surface area contributed by atoms with Crippen molar-refractivity contribution in [1.82, 2.24) is 9.88 Å². The molecule has 4 rings (SSSR count). The lowest BCUT2D eigenvalue weighted by molar-refractivity contribution is -0.127. The molecule has 2 aliphatic rings. The Balaban J connectivity index is 1.35. The number of aromatic nitrogens is 1. The fourth-order valence-electron chi connectivity index (χ4n) is 4.17. The van der Waals surface area contributed by atoms with Crippen molar-refractivity contribution >= 4 is 17.8 Å². The fraction of sp³-hybridized carbons (Fsp3) is 0.364. The third-order valence-electron chi connectivity index (χ3n) is 5.70. The first-order chi connectivity index (χ1) is 13.2. The van der Waals surface area contributed by atoms with Crippen molar-refractivity contribution in [2.45, 2.75) is 19.3 Å². The molecule has 2 saturated heterocycles. The fourth-order valence-corrected chi connectivity index (χ4v) is 4.17. The maximum absolute atomic E-state index is 14.0. The summed E-state index contributed by atoms with van der Waals surface area (Å²) >= 11 is 0. The van der Waals surface area contributed by atoms with Crippen LogP contribution in [0.2, 0.25) is 0 Å². The number of carbonyl (C=O) groups is 1. The largest absolute Gasteiger partial charge is 0.354 e. The quantitative estimate of drug-likeness (QED) is 0.828. The Hall–Kier alpha value is -2.69. The van der Waals surface area contributed by atoms with E-state index in [4.69, 9.17) is 0 Å². The highest BCUT2D eigenvalue weighted by Crippen LogP contribution is 2.41. The number of likely N-dealkylation sites (tertiary alicyclic amines) is 1. The molecule has 2 fully saturated rings. The molecule has 1 amide bonds. The maximum Gasteiger partial charge on any atom is 0.223 e. The molecule has 0 atom stereocenters. The topological polar surface area (TPSA) is 36.4 Å². The number of benzene rings is 1. The third-order valence-corrected chi connectivity index (χ3v) is 5.70. The monoisotopic (exact) mass is 365 g/mol. The zero-order valence-corrected chi connectivity index (χ0v) is 15.4. The number of pyridine rings is 1. The van der Waals surface area contributed by atoms with Crippen molar-refractivity contribution in [2.24, 2.45) is 5.41 Å². The molecule has 140 valence electrons. The van der Waals surface area contributed by atoms with Crippen LogP contribution in [-0.2, 0) is 4.79 Å². The Morgan fingerprint density at radius 1 is 1.11 bits per heavy atom. The summed E-state index contributed by atoms with van der Waals surface area (Å²) in [6.07, 6.45) is 8.14. The summed E-state index contributed by atoms with van der Waals surface area (Å²) in [6.45, 7) is 2.93. The molecule has 0 unspecified atom stereocenters. The van der Waals surface area contributed by atoms with E-state index in [0.29, 0.717) is 18.8 Å². The van der Waals surface area contributed by atoms with Gasteiger partial charge in [-0.25, -0.2) is 9.37 Å². The van der Waals surface area contributed by atoms with Crippen LogP contribution in [0.3, 0.4) is 0 Å². The average Bonchev–Trinajstić information content (AvgIpc) is 2.99. The highest BCUT2D eigenvalue weighted by atomic mass is 19.1. The lowest BCUT2D eigenvalue weighted by Crippen LogP contribution is -2.42. The van der Waals surface area contributed by atoms with Gasteiger partial charge in [-0.05, 0) is 30.5 Å². The minimum Gasteiger partial charge on any atom is -0.354 e. The number of halogens is 1. The summed E-state index contributed by atoms with van der Waals surface area (Å²) in [5, 5.41) is 0. The van der Waals surface area contributed by atoms with Crippen LogP contribution in [0, 0.1) is 11.2 Å². The summed E-state index contributed by atoms with van der Waals surface area (Å²) in [6, 6.07) is 13.2. The molecule has 3 heterocycles. The molecule has 1 spiro atoms. The van der Waals surface area contributed by atoms with E-state index < -0.39 is 0 Å². The molecule has 1 aromatic heterocycles. The molecule has 0 radical (unpaired) electrons. The number of amides is 1. The van der Waals surface area contributed by atoms with E-state index >= 15 is 0 Å². The number of carbonyl (C=O) groups excluding carboxylic acids is 1. The van der Waals surface area contributed by atoms with Gasteiger partial charge >= 0.3 is 0 Å². The first-order valence-electron chi connectivity index (χ1n) is 9.50. The van der Waals surface area contributed by atoms with Crippen LogP contribution in [0.1, 0.15) is 24.8 Å². The van der Waals surface area contributed by atoms with E-state index in [1.807, 2.05) is 28.0 Å². The van der Waals surface area contributed by atoms with E-state index in [1.165, 1.54) is 6.07 Å². The predicted molar refractivity (Wildman–Crippen MR) is 105 cm³/mol. The molecule has 27 heavy (non-hydrogen) atoms. The molecule has 4 nitrogen and oxygen atoms in total. The van der Waals surface area contributed by atoms with Crippen LogP contribution in [0.15, 0.2) is 54.7 Å². The maximum atomic E-state index is 14.0. The molecular formula is C22H24FN3O. The van der Waals surface area contributed by atoms with Gasteiger partial charge in [0.2, 0.25) is 5.91 Å². The molecule has 5 heteroatoms. The summed E-state index contributed by atoms with van der Waals surface area (Å²) in [4.78, 5) is 20.6. The van der Waals surface area contributed by atoms with Crippen LogP contribution in [0.4, 0.5) is 10.2 Å². The SMILES string of the molecule is O=C1CC2(CCN(c3ncccc3F)CC2)CN1C/C=C/c1ccccc1. The molecule has 0 aliphatic carbocycles. The van der Waals surface area contributed by atoms with E-state index in [-0.39, 0.29) is 17.1 Å². The smallest absolute Gasteiger partial charge is 0.223 e. The van der Waals surface area contributed by atoms with Gasteiger partial charge in [0.05, 0.1) is 0 Å². The lowest BCUT2D eigenvalue weighted by atomic mass is 9.77. The molecular weight excluding hydrogens is 341 g/mol. The Labute approximate surface area is 159 Å². The van der Waals surface area contributed by atoms with Crippen molar-refractivity contribution in [3.8, 4) is 0 Å². The van der Waals surface area contributed by atoms with E-state index in [9.17, 15) is 9.18 Å². The Kier molecular flexibility index (Phi) is 4.92. The van der Waals surface area contributed by atoms with Gasteiger partial charge in [0.15, 0.2) is 11.6 Å². The van der Waals surface area contributed by atoms with Gasteiger partial charge < -0.3 is 9.80 Å². The number of piperidine rings is 1. The van der Waals surface area contributed by atoms with Crippen LogP contribution in [0.5, 0.6) is 0 Å². The molecule has 0 saturated carbocycles. The van der Waals surface area contributed by atoms with Crippen LogP contribution < -0.4 is 4.90 Å². The highest BCUT2D eigenvalue weighted by Gasteiger charge is 2.44. The molecule has 2 aromatic rings. The van der Waals surface area contributed by atoms with Gasteiger partial charge in [-0.3, -0.25) is 4.79 Å². The van der Waals surface area contributed by atoms with Crippen molar-refractivity contribution < 1.29 is 9.18 Å². The average molecular weight is 365 g/mol. The Morgan fingerprint density at radius 2 is 1.89 bits per heavy atom. The standard InChI is InChI=1S/C22H24FN3O/c23-19-9-4-12-24-21(19)25-14-10-22(11-15-25)16-20(27)26(17-22)13-5-8-18-6-2-1-3-7-18/h1-9,12H,10-11,13-17H2/b8-5+. The van der Waals surface area contributed by atoms with Crippen molar-refractivity contribution in [1.29, 1.82) is 0 Å². The van der Waals surface area contributed by atoms with Crippen molar-refractivity contribution in [2.75, 3.05) is 31.1 Å². The second-order valence-electron chi connectivity index (χ2n) is 7.56. The predicted octanol–water partition coefficient (Wildman–Crippen LogP) is 3.75. The van der Waals surface area contributed by atoms with Gasteiger partial charge in [0.1, 0.15) is 0 Å². The zero-order chi connectivity index (χ0) is 18.7. The first-order valence-corrected chi connectivity index (χ1v) is 9.50. The summed E-state index contributed by atoms with van der Waals surface area (Å²) < 4.78 is 14.0. The Bertz CT molecular complexity index is 828. The van der Waals surface area contributed by atoms with Crippen molar-refractivity contribution in [3.05, 3.63) is 66.1 Å². The van der Waals surface area contributed by atoms with Crippen LogP contribution >= 0.6 is 0 Å². The number of rotatable bonds is 4. The van der Waals surface area contributed by atoms with E-state index in [0.717, 1.165) is 38.0 Å². The Morgan fingerprint density at radius 3 is 2.63 bits per heavy atom. The normalized spacial score (nSPS) is 19.4. The van der Waals surface area contributed by atoms with E-state index in [2.05, 4.69) is 29.3 Å². The van der Waals surface area contributed by atoms with Crippen LogP contribution in [-0.4, -0.2) is 42.0 Å². The molecule has 0 bridgehead atoms. The summed E-state index contributed by atoms with van der Waals surface area (Å²) in [5.41, 5.74) is 1.17. The van der Waals surface area contributed by atoms with Gasteiger partial charge in [-0.1, -0.05) is 42.5 Å². The third kappa shape index (κ3) is 3.87.